The molecule has 0 unspecified atom stereocenters. The summed E-state index contributed by atoms with van der Waals surface area (Å²) in [7, 11) is -3.67. The Bertz CT molecular complexity index is 1280. The second kappa shape index (κ2) is 7.43. The van der Waals surface area contributed by atoms with E-state index in [4.69, 9.17) is 4.74 Å². The molecule has 1 spiro atoms. The molecule has 0 radical (unpaired) electrons. The fourth-order valence-electron chi connectivity index (χ4n) is 4.57. The molecule has 0 bridgehead atoms. The Morgan fingerprint density at radius 2 is 1.68 bits per heavy atom. The standard InChI is InChI=1S/C24H22FNO4S/c25-21-8-4-2-6-18(21)16-31(28,29)26-13-11-24(12-14-26)15-22(27)20-10-9-17-5-1-3-7-19(17)23(20)30-24/h1-10H,11-16H2. The zero-order valence-corrected chi connectivity index (χ0v) is 17.7. The third kappa shape index (κ3) is 3.62. The van der Waals surface area contributed by atoms with Crippen LogP contribution in [-0.4, -0.2) is 37.2 Å². The van der Waals surface area contributed by atoms with Crippen molar-refractivity contribution in [3.8, 4) is 5.75 Å². The average Bonchev–Trinajstić information content (AvgIpc) is 2.75. The molecular formula is C24H22FNO4S. The van der Waals surface area contributed by atoms with Gasteiger partial charge in [0, 0.05) is 36.9 Å². The molecule has 1 saturated heterocycles. The minimum atomic E-state index is -3.67. The third-order valence-corrected chi connectivity index (χ3v) is 8.13. The fraction of sp³-hybridized carbons (Fsp3) is 0.292. The van der Waals surface area contributed by atoms with Gasteiger partial charge in [0.05, 0.1) is 17.7 Å². The SMILES string of the molecule is O=C1CC2(CCN(S(=O)(=O)Cc3ccccc3F)CC2)Oc2c1ccc1ccccc21. The first-order valence-electron chi connectivity index (χ1n) is 10.3. The molecule has 3 aromatic rings. The molecule has 5 nitrogen and oxygen atoms in total. The second-order valence-corrected chi connectivity index (χ2v) is 10.3. The van der Waals surface area contributed by atoms with Crippen molar-refractivity contribution in [2.45, 2.75) is 30.6 Å². The zero-order chi connectivity index (χ0) is 21.6. The maximum Gasteiger partial charge on any atom is 0.218 e. The summed E-state index contributed by atoms with van der Waals surface area (Å²) in [6, 6.07) is 17.4. The molecule has 0 N–H and O–H groups in total. The van der Waals surface area contributed by atoms with Gasteiger partial charge in [0.1, 0.15) is 17.2 Å². The van der Waals surface area contributed by atoms with Gasteiger partial charge < -0.3 is 4.74 Å². The Morgan fingerprint density at radius 3 is 2.45 bits per heavy atom. The van der Waals surface area contributed by atoms with Crippen LogP contribution in [0.1, 0.15) is 35.2 Å². The van der Waals surface area contributed by atoms with E-state index in [1.807, 2.05) is 30.3 Å². The molecule has 2 heterocycles. The fourth-order valence-corrected chi connectivity index (χ4v) is 6.12. The quantitative estimate of drug-likeness (QED) is 0.610. The Hall–Kier alpha value is -2.77. The van der Waals surface area contributed by atoms with Crippen LogP contribution in [0.25, 0.3) is 10.8 Å². The molecular weight excluding hydrogens is 417 g/mol. The van der Waals surface area contributed by atoms with E-state index in [2.05, 4.69) is 0 Å². The van der Waals surface area contributed by atoms with Gasteiger partial charge in [-0.15, -0.1) is 0 Å². The summed E-state index contributed by atoms with van der Waals surface area (Å²) in [5.41, 5.74) is 0.0318. The summed E-state index contributed by atoms with van der Waals surface area (Å²) >= 11 is 0. The van der Waals surface area contributed by atoms with Gasteiger partial charge in [-0.3, -0.25) is 4.79 Å². The van der Waals surface area contributed by atoms with Crippen molar-refractivity contribution in [3.05, 3.63) is 77.6 Å². The molecule has 160 valence electrons. The lowest BCUT2D eigenvalue weighted by atomic mass is 9.82. The summed E-state index contributed by atoms with van der Waals surface area (Å²) in [5, 5.41) is 1.89. The van der Waals surface area contributed by atoms with E-state index >= 15 is 0 Å². The third-order valence-electron chi connectivity index (χ3n) is 6.30. The number of rotatable bonds is 3. The van der Waals surface area contributed by atoms with E-state index in [-0.39, 0.29) is 36.6 Å². The molecule has 5 rings (SSSR count). The Kier molecular flexibility index (Phi) is 4.83. The Balaban J connectivity index is 1.37. The highest BCUT2D eigenvalue weighted by Crippen LogP contribution is 2.43. The van der Waals surface area contributed by atoms with Crippen LogP contribution in [0.3, 0.4) is 0 Å². The number of hydrogen-bond acceptors (Lipinski definition) is 4. The summed E-state index contributed by atoms with van der Waals surface area (Å²) in [4.78, 5) is 12.9. The number of ether oxygens (including phenoxy) is 1. The Labute approximate surface area is 180 Å². The molecule has 0 saturated carbocycles. The first kappa shape index (κ1) is 20.2. The predicted molar refractivity (Wildman–Crippen MR) is 116 cm³/mol. The van der Waals surface area contributed by atoms with Crippen LogP contribution in [0.15, 0.2) is 60.7 Å². The highest BCUT2D eigenvalue weighted by atomic mass is 32.2. The van der Waals surface area contributed by atoms with Gasteiger partial charge in [-0.05, 0) is 17.5 Å². The number of piperidine rings is 1. The molecule has 0 atom stereocenters. The first-order chi connectivity index (χ1) is 14.9. The number of carbonyl (C=O) groups excluding carboxylic acids is 1. The van der Waals surface area contributed by atoms with Crippen LogP contribution in [0.5, 0.6) is 5.75 Å². The molecule has 7 heteroatoms. The van der Waals surface area contributed by atoms with E-state index in [0.717, 1.165) is 10.8 Å². The lowest BCUT2D eigenvalue weighted by molar-refractivity contribution is 0.00713. The number of ketones is 1. The van der Waals surface area contributed by atoms with Gasteiger partial charge >= 0.3 is 0 Å². The summed E-state index contributed by atoms with van der Waals surface area (Å²) < 4.78 is 47.5. The normalized spacial score (nSPS) is 18.7. The number of hydrogen-bond donors (Lipinski definition) is 0. The summed E-state index contributed by atoms with van der Waals surface area (Å²) in [5.74, 6) is -0.282. The number of benzene rings is 3. The minimum absolute atomic E-state index is 0.0228. The van der Waals surface area contributed by atoms with Crippen molar-refractivity contribution in [2.75, 3.05) is 13.1 Å². The van der Waals surface area contributed by atoms with Crippen LogP contribution in [0.4, 0.5) is 4.39 Å². The highest BCUT2D eigenvalue weighted by molar-refractivity contribution is 7.88. The van der Waals surface area contributed by atoms with Gasteiger partial charge in [-0.2, -0.15) is 0 Å². The number of fused-ring (bicyclic) bond motifs is 3. The van der Waals surface area contributed by atoms with Crippen molar-refractivity contribution in [3.63, 3.8) is 0 Å². The maximum atomic E-state index is 13.9. The lowest BCUT2D eigenvalue weighted by Crippen LogP contribution is -2.52. The number of halogens is 1. The van der Waals surface area contributed by atoms with Crippen LogP contribution in [0.2, 0.25) is 0 Å². The molecule has 31 heavy (non-hydrogen) atoms. The van der Waals surface area contributed by atoms with Gasteiger partial charge in [-0.1, -0.05) is 48.5 Å². The topological polar surface area (TPSA) is 63.7 Å². The van der Waals surface area contributed by atoms with E-state index < -0.39 is 21.4 Å². The Morgan fingerprint density at radius 1 is 0.968 bits per heavy atom. The van der Waals surface area contributed by atoms with Crippen molar-refractivity contribution in [1.29, 1.82) is 0 Å². The van der Waals surface area contributed by atoms with E-state index in [1.165, 1.54) is 22.5 Å². The smallest absolute Gasteiger partial charge is 0.218 e. The number of Topliss-reactive ketones (excluding diaryl/α,β-unsaturated/α-hetero) is 1. The molecule has 0 amide bonds. The summed E-state index contributed by atoms with van der Waals surface area (Å²) in [6.07, 6.45) is 1.06. The zero-order valence-electron chi connectivity index (χ0n) is 16.9. The number of nitrogens with zero attached hydrogens (tertiary/aromatic N) is 1. The van der Waals surface area contributed by atoms with Gasteiger partial charge in [0.2, 0.25) is 10.0 Å². The average molecular weight is 440 g/mol. The van der Waals surface area contributed by atoms with Gasteiger partial charge in [-0.25, -0.2) is 17.1 Å². The maximum absolute atomic E-state index is 13.9. The van der Waals surface area contributed by atoms with Crippen LogP contribution in [0, 0.1) is 5.82 Å². The van der Waals surface area contributed by atoms with Crippen molar-refractivity contribution in [1.82, 2.24) is 4.31 Å². The first-order valence-corrected chi connectivity index (χ1v) is 11.9. The summed E-state index contributed by atoms with van der Waals surface area (Å²) in [6.45, 7) is 0.480. The van der Waals surface area contributed by atoms with Crippen molar-refractivity contribution in [2.24, 2.45) is 0 Å². The largest absolute Gasteiger partial charge is 0.485 e. The van der Waals surface area contributed by atoms with Crippen LogP contribution in [-0.2, 0) is 15.8 Å². The van der Waals surface area contributed by atoms with Crippen LogP contribution < -0.4 is 4.74 Å². The molecule has 1 fully saturated rings. The second-order valence-electron chi connectivity index (χ2n) is 8.30. The number of carbonyl (C=O) groups is 1. The highest BCUT2D eigenvalue weighted by Gasteiger charge is 2.45. The van der Waals surface area contributed by atoms with Gasteiger partial charge in [0.25, 0.3) is 0 Å². The van der Waals surface area contributed by atoms with Gasteiger partial charge in [0.15, 0.2) is 5.78 Å². The molecule has 2 aliphatic rings. The van der Waals surface area contributed by atoms with Crippen LogP contribution >= 0.6 is 0 Å². The van der Waals surface area contributed by atoms with E-state index in [1.54, 1.807) is 12.1 Å². The predicted octanol–water partition coefficient (Wildman–Crippen LogP) is 4.31. The number of sulfonamides is 1. The van der Waals surface area contributed by atoms with E-state index in [9.17, 15) is 17.6 Å². The monoisotopic (exact) mass is 439 g/mol. The van der Waals surface area contributed by atoms with Crippen molar-refractivity contribution < 1.29 is 22.3 Å². The lowest BCUT2D eigenvalue weighted by Gasteiger charge is -2.43. The minimum Gasteiger partial charge on any atom is -0.485 e. The van der Waals surface area contributed by atoms with Crippen molar-refractivity contribution >= 4 is 26.6 Å². The van der Waals surface area contributed by atoms with E-state index in [0.29, 0.717) is 24.2 Å². The molecule has 2 aliphatic heterocycles. The molecule has 0 aromatic heterocycles. The molecule has 0 aliphatic carbocycles. The molecule has 3 aromatic carbocycles.